The van der Waals surface area contributed by atoms with Crippen LogP contribution < -0.4 is 11.1 Å². The highest BCUT2D eigenvalue weighted by Gasteiger charge is 1.97. The van der Waals surface area contributed by atoms with E-state index in [1.54, 1.807) is 7.11 Å². The molecule has 66 valence electrons. The molecule has 0 radical (unpaired) electrons. The molecular weight excluding hydrogens is 152 g/mol. The third-order valence-corrected chi connectivity index (χ3v) is 1.63. The monoisotopic (exact) mass is 166 g/mol. The number of hydrogen-bond acceptors (Lipinski definition) is 3. The van der Waals surface area contributed by atoms with Crippen molar-refractivity contribution in [1.82, 2.24) is 0 Å². The van der Waals surface area contributed by atoms with Crippen LogP contribution in [0.5, 0.6) is 0 Å². The summed E-state index contributed by atoms with van der Waals surface area (Å²) in [5.41, 5.74) is 7.31. The highest BCUT2D eigenvalue weighted by molar-refractivity contribution is 5.51. The summed E-state index contributed by atoms with van der Waals surface area (Å²) in [6.45, 7) is 1.94. The lowest BCUT2D eigenvalue weighted by atomic mass is 10.3. The normalized spacial score (nSPS) is 12.5. The lowest BCUT2D eigenvalue weighted by molar-refractivity contribution is 0.141. The third kappa shape index (κ3) is 2.43. The zero-order valence-electron chi connectivity index (χ0n) is 7.37. The van der Waals surface area contributed by atoms with Crippen LogP contribution in [-0.2, 0) is 4.74 Å². The quantitative estimate of drug-likeness (QED) is 0.530. The summed E-state index contributed by atoms with van der Waals surface area (Å²) in [5, 5.41) is 3.14. The molecule has 0 bridgehead atoms. The van der Waals surface area contributed by atoms with Gasteiger partial charge in [0, 0.05) is 18.5 Å². The molecular formula is C9H14N2O. The van der Waals surface area contributed by atoms with Gasteiger partial charge >= 0.3 is 0 Å². The number of methoxy groups -OCH3 is 1. The topological polar surface area (TPSA) is 47.3 Å². The van der Waals surface area contributed by atoms with E-state index in [-0.39, 0.29) is 6.23 Å². The Hall–Kier alpha value is -1.22. The summed E-state index contributed by atoms with van der Waals surface area (Å²) in [5.74, 6) is 0. The molecule has 3 nitrogen and oxygen atoms in total. The summed E-state index contributed by atoms with van der Waals surface area (Å²) < 4.78 is 5.04. The second-order valence-corrected chi connectivity index (χ2v) is 2.64. The van der Waals surface area contributed by atoms with E-state index in [0.29, 0.717) is 0 Å². The first kappa shape index (κ1) is 8.87. The predicted molar refractivity (Wildman–Crippen MR) is 50.9 cm³/mol. The molecule has 0 amide bonds. The van der Waals surface area contributed by atoms with Crippen molar-refractivity contribution in [2.75, 3.05) is 18.2 Å². The Bertz CT molecular complexity index is 233. The first-order chi connectivity index (χ1) is 5.72. The van der Waals surface area contributed by atoms with Crippen molar-refractivity contribution in [2.45, 2.75) is 13.2 Å². The second kappa shape index (κ2) is 3.97. The van der Waals surface area contributed by atoms with E-state index < -0.39 is 0 Å². The van der Waals surface area contributed by atoms with Gasteiger partial charge < -0.3 is 15.8 Å². The average molecular weight is 166 g/mol. The number of hydrogen-bond donors (Lipinski definition) is 2. The number of nitrogens with one attached hydrogen (secondary N) is 1. The molecule has 1 aromatic carbocycles. The van der Waals surface area contributed by atoms with Crippen molar-refractivity contribution in [3.63, 3.8) is 0 Å². The maximum Gasteiger partial charge on any atom is 0.124 e. The number of benzene rings is 1. The van der Waals surface area contributed by atoms with Crippen molar-refractivity contribution in [2.24, 2.45) is 0 Å². The summed E-state index contributed by atoms with van der Waals surface area (Å²) in [6, 6.07) is 7.55. The average Bonchev–Trinajstić information content (AvgIpc) is 2.09. The number of ether oxygens (including phenoxy) is 1. The maximum absolute atomic E-state index is 5.53. The fourth-order valence-electron chi connectivity index (χ4n) is 0.873. The van der Waals surface area contributed by atoms with Crippen LogP contribution in [0.25, 0.3) is 0 Å². The molecule has 1 rings (SSSR count). The number of rotatable bonds is 3. The van der Waals surface area contributed by atoms with Gasteiger partial charge in [-0.05, 0) is 31.2 Å². The lowest BCUT2D eigenvalue weighted by Crippen LogP contribution is -2.16. The molecule has 0 saturated heterocycles. The fourth-order valence-corrected chi connectivity index (χ4v) is 0.873. The fraction of sp³-hybridized carbons (Fsp3) is 0.333. The minimum Gasteiger partial charge on any atom is -0.399 e. The van der Waals surface area contributed by atoms with E-state index in [1.807, 2.05) is 31.2 Å². The smallest absolute Gasteiger partial charge is 0.124 e. The van der Waals surface area contributed by atoms with Gasteiger partial charge in [-0.25, -0.2) is 0 Å². The van der Waals surface area contributed by atoms with Gasteiger partial charge in [0.1, 0.15) is 6.23 Å². The molecule has 1 aromatic rings. The van der Waals surface area contributed by atoms with E-state index in [9.17, 15) is 0 Å². The van der Waals surface area contributed by atoms with Crippen molar-refractivity contribution in [3.05, 3.63) is 24.3 Å². The van der Waals surface area contributed by atoms with Crippen LogP contribution in [0.2, 0.25) is 0 Å². The van der Waals surface area contributed by atoms with Gasteiger partial charge in [-0.3, -0.25) is 0 Å². The van der Waals surface area contributed by atoms with Gasteiger partial charge in [-0.2, -0.15) is 0 Å². The first-order valence-corrected chi connectivity index (χ1v) is 3.87. The third-order valence-electron chi connectivity index (χ3n) is 1.63. The van der Waals surface area contributed by atoms with Crippen LogP contribution in [0, 0.1) is 0 Å². The van der Waals surface area contributed by atoms with Gasteiger partial charge in [0.2, 0.25) is 0 Å². The van der Waals surface area contributed by atoms with Crippen molar-refractivity contribution >= 4 is 11.4 Å². The number of anilines is 2. The molecule has 0 aliphatic heterocycles. The Morgan fingerprint density at radius 2 is 1.92 bits per heavy atom. The SMILES string of the molecule is COC(C)Nc1ccc(N)cc1. The molecule has 0 aliphatic carbocycles. The van der Waals surface area contributed by atoms with Gasteiger partial charge in [0.15, 0.2) is 0 Å². The molecule has 1 atom stereocenters. The van der Waals surface area contributed by atoms with Crippen LogP contribution in [-0.4, -0.2) is 13.3 Å². The van der Waals surface area contributed by atoms with Crippen LogP contribution in [0.15, 0.2) is 24.3 Å². The van der Waals surface area contributed by atoms with E-state index in [1.165, 1.54) is 0 Å². The van der Waals surface area contributed by atoms with E-state index in [4.69, 9.17) is 10.5 Å². The first-order valence-electron chi connectivity index (χ1n) is 3.87. The van der Waals surface area contributed by atoms with Crippen LogP contribution in [0.3, 0.4) is 0 Å². The van der Waals surface area contributed by atoms with E-state index in [2.05, 4.69) is 5.32 Å². The lowest BCUT2D eigenvalue weighted by Gasteiger charge is -2.12. The molecule has 0 spiro atoms. The van der Waals surface area contributed by atoms with Gasteiger partial charge in [0.05, 0.1) is 0 Å². The van der Waals surface area contributed by atoms with Gasteiger partial charge in [-0.15, -0.1) is 0 Å². The summed E-state index contributed by atoms with van der Waals surface area (Å²) in [7, 11) is 1.66. The Balaban J connectivity index is 2.58. The van der Waals surface area contributed by atoms with E-state index >= 15 is 0 Å². The second-order valence-electron chi connectivity index (χ2n) is 2.64. The largest absolute Gasteiger partial charge is 0.399 e. The zero-order valence-corrected chi connectivity index (χ0v) is 7.37. The molecule has 0 saturated carbocycles. The standard InChI is InChI=1S/C9H14N2O/c1-7(12-2)11-9-5-3-8(10)4-6-9/h3-7,11H,10H2,1-2H3. The number of nitrogens with two attached hydrogens (primary N) is 1. The van der Waals surface area contributed by atoms with Crippen LogP contribution in [0.1, 0.15) is 6.92 Å². The molecule has 12 heavy (non-hydrogen) atoms. The van der Waals surface area contributed by atoms with Crippen molar-refractivity contribution in [3.8, 4) is 0 Å². The minimum atomic E-state index is 0.0219. The maximum atomic E-state index is 5.53. The highest BCUT2D eigenvalue weighted by Crippen LogP contribution is 2.11. The molecule has 0 heterocycles. The van der Waals surface area contributed by atoms with Crippen LogP contribution in [0.4, 0.5) is 11.4 Å². The van der Waals surface area contributed by atoms with Crippen molar-refractivity contribution < 1.29 is 4.74 Å². The summed E-state index contributed by atoms with van der Waals surface area (Å²) in [6.07, 6.45) is 0.0219. The molecule has 1 unspecified atom stereocenters. The van der Waals surface area contributed by atoms with Crippen LogP contribution >= 0.6 is 0 Å². The summed E-state index contributed by atoms with van der Waals surface area (Å²) >= 11 is 0. The zero-order chi connectivity index (χ0) is 8.97. The Kier molecular flexibility index (Phi) is 2.94. The Morgan fingerprint density at radius 1 is 1.33 bits per heavy atom. The van der Waals surface area contributed by atoms with Gasteiger partial charge in [0.25, 0.3) is 0 Å². The Labute approximate surface area is 72.5 Å². The van der Waals surface area contributed by atoms with Gasteiger partial charge in [-0.1, -0.05) is 0 Å². The highest BCUT2D eigenvalue weighted by atomic mass is 16.5. The molecule has 0 aliphatic rings. The molecule has 3 heteroatoms. The van der Waals surface area contributed by atoms with E-state index in [0.717, 1.165) is 11.4 Å². The molecule has 0 aromatic heterocycles. The van der Waals surface area contributed by atoms with Crippen molar-refractivity contribution in [1.29, 1.82) is 0 Å². The number of nitrogen functional groups attached to an aromatic ring is 1. The summed E-state index contributed by atoms with van der Waals surface area (Å²) in [4.78, 5) is 0. The predicted octanol–water partition coefficient (Wildman–Crippen LogP) is 1.67. The molecule has 0 fully saturated rings. The minimum absolute atomic E-state index is 0.0219. The molecule has 3 N–H and O–H groups in total. The Morgan fingerprint density at radius 3 is 2.42 bits per heavy atom.